The number of nitrogens with one attached hydrogen (secondary N) is 1. The van der Waals surface area contributed by atoms with Gasteiger partial charge in [0, 0.05) is 11.3 Å². The van der Waals surface area contributed by atoms with E-state index in [1.807, 2.05) is 51.1 Å². The Morgan fingerprint density at radius 2 is 1.63 bits per heavy atom. The summed E-state index contributed by atoms with van der Waals surface area (Å²) in [6.45, 7) is 8.10. The molecule has 0 aliphatic rings. The Balaban J connectivity index is 1.62. The van der Waals surface area contributed by atoms with Crippen LogP contribution in [0.15, 0.2) is 71.6 Å². The molecule has 154 valence electrons. The molecule has 6 heteroatoms. The predicted octanol–water partition coefficient (Wildman–Crippen LogP) is 6.37. The highest BCUT2D eigenvalue weighted by molar-refractivity contribution is 7.92. The maximum Gasteiger partial charge on any atom is 0.262 e. The molecule has 0 saturated heterocycles. The summed E-state index contributed by atoms with van der Waals surface area (Å²) in [5, 5.41) is 0.920. The van der Waals surface area contributed by atoms with E-state index in [0.29, 0.717) is 10.6 Å². The van der Waals surface area contributed by atoms with Crippen molar-refractivity contribution in [2.45, 2.75) is 38.0 Å². The van der Waals surface area contributed by atoms with Gasteiger partial charge in [-0.05, 0) is 65.9 Å². The minimum atomic E-state index is -3.69. The Hall–Kier alpha value is -2.70. The van der Waals surface area contributed by atoms with Gasteiger partial charge in [0.15, 0.2) is 0 Å². The Morgan fingerprint density at radius 3 is 2.33 bits per heavy atom. The van der Waals surface area contributed by atoms with Crippen molar-refractivity contribution < 1.29 is 8.42 Å². The van der Waals surface area contributed by atoms with E-state index in [0.717, 1.165) is 26.4 Å². The Morgan fingerprint density at radius 1 is 0.933 bits per heavy atom. The Bertz CT molecular complexity index is 1320. The van der Waals surface area contributed by atoms with Crippen molar-refractivity contribution in [1.82, 2.24) is 4.98 Å². The lowest BCUT2D eigenvalue weighted by Crippen LogP contribution is -2.20. The molecule has 1 aromatic heterocycles. The summed E-state index contributed by atoms with van der Waals surface area (Å²) in [5.41, 5.74) is 4.19. The molecule has 0 amide bonds. The summed E-state index contributed by atoms with van der Waals surface area (Å²) >= 11 is 1.64. The molecule has 0 unspecified atom stereocenters. The largest absolute Gasteiger partial charge is 0.280 e. The van der Waals surface area contributed by atoms with Crippen molar-refractivity contribution in [1.29, 1.82) is 0 Å². The van der Waals surface area contributed by atoms with E-state index in [2.05, 4.69) is 23.8 Å². The van der Waals surface area contributed by atoms with E-state index in [-0.39, 0.29) is 5.41 Å². The minimum Gasteiger partial charge on any atom is -0.280 e. The standard InChI is InChI=1S/C24H24N2O2S2/c1-16-9-14-20-21(15-16)29-23(25-20)17-10-12-18(13-11-17)26-30(27,28)22-8-6-5-7-19(22)24(2,3)4/h5-15,26H,1-4H3. The van der Waals surface area contributed by atoms with Gasteiger partial charge < -0.3 is 0 Å². The number of sulfonamides is 1. The van der Waals surface area contributed by atoms with E-state index in [4.69, 9.17) is 4.98 Å². The van der Waals surface area contributed by atoms with E-state index >= 15 is 0 Å². The number of benzene rings is 3. The van der Waals surface area contributed by atoms with Gasteiger partial charge in [0.1, 0.15) is 5.01 Å². The number of hydrogen-bond acceptors (Lipinski definition) is 4. The summed E-state index contributed by atoms with van der Waals surface area (Å²) in [5.74, 6) is 0. The number of nitrogens with zero attached hydrogens (tertiary/aromatic N) is 1. The van der Waals surface area contributed by atoms with Crippen LogP contribution in [0.5, 0.6) is 0 Å². The van der Waals surface area contributed by atoms with Gasteiger partial charge in [-0.3, -0.25) is 4.72 Å². The van der Waals surface area contributed by atoms with Gasteiger partial charge in [-0.15, -0.1) is 11.3 Å². The molecule has 4 rings (SSSR count). The van der Waals surface area contributed by atoms with Gasteiger partial charge in [0.25, 0.3) is 10.0 Å². The quantitative estimate of drug-likeness (QED) is 0.404. The van der Waals surface area contributed by atoms with Crippen molar-refractivity contribution in [3.63, 3.8) is 0 Å². The number of aryl methyl sites for hydroxylation is 1. The molecular formula is C24H24N2O2S2. The maximum absolute atomic E-state index is 13.1. The van der Waals surface area contributed by atoms with Crippen molar-refractivity contribution in [2.75, 3.05) is 4.72 Å². The third-order valence-electron chi connectivity index (χ3n) is 4.91. The lowest BCUT2D eigenvalue weighted by atomic mass is 9.87. The molecule has 0 radical (unpaired) electrons. The monoisotopic (exact) mass is 436 g/mol. The van der Waals surface area contributed by atoms with Crippen LogP contribution in [0.3, 0.4) is 0 Å². The molecule has 1 N–H and O–H groups in total. The normalized spacial score (nSPS) is 12.3. The molecule has 30 heavy (non-hydrogen) atoms. The molecule has 0 aliphatic heterocycles. The fourth-order valence-corrected chi connectivity index (χ4v) is 5.91. The lowest BCUT2D eigenvalue weighted by molar-refractivity contribution is 0.563. The van der Waals surface area contributed by atoms with Crippen LogP contribution in [-0.4, -0.2) is 13.4 Å². The van der Waals surface area contributed by atoms with Gasteiger partial charge >= 0.3 is 0 Å². The molecule has 0 aliphatic carbocycles. The molecule has 0 atom stereocenters. The lowest BCUT2D eigenvalue weighted by Gasteiger charge is -2.23. The smallest absolute Gasteiger partial charge is 0.262 e. The number of anilines is 1. The van der Waals surface area contributed by atoms with Crippen molar-refractivity contribution in [3.8, 4) is 10.6 Å². The number of thiazole rings is 1. The highest BCUT2D eigenvalue weighted by Crippen LogP contribution is 2.33. The second kappa shape index (κ2) is 7.52. The Labute approximate surface area is 181 Å². The summed E-state index contributed by atoms with van der Waals surface area (Å²) in [7, 11) is -3.69. The van der Waals surface area contributed by atoms with Crippen molar-refractivity contribution >= 4 is 37.3 Å². The predicted molar refractivity (Wildman–Crippen MR) is 126 cm³/mol. The third kappa shape index (κ3) is 4.11. The molecule has 0 fully saturated rings. The first-order valence-electron chi connectivity index (χ1n) is 9.73. The molecule has 4 nitrogen and oxygen atoms in total. The van der Waals surface area contributed by atoms with E-state index < -0.39 is 10.0 Å². The third-order valence-corrected chi connectivity index (χ3v) is 7.42. The number of hydrogen-bond donors (Lipinski definition) is 1. The zero-order chi connectivity index (χ0) is 21.5. The van der Waals surface area contributed by atoms with Gasteiger partial charge in [-0.1, -0.05) is 45.0 Å². The van der Waals surface area contributed by atoms with Crippen LogP contribution < -0.4 is 4.72 Å². The fourth-order valence-electron chi connectivity index (χ4n) is 3.37. The number of rotatable bonds is 4. The average Bonchev–Trinajstić information content (AvgIpc) is 3.11. The van der Waals surface area contributed by atoms with Crippen LogP contribution in [0.1, 0.15) is 31.9 Å². The van der Waals surface area contributed by atoms with Crippen LogP contribution in [0.25, 0.3) is 20.8 Å². The van der Waals surface area contributed by atoms with E-state index in [1.165, 1.54) is 5.56 Å². The molecule has 0 spiro atoms. The summed E-state index contributed by atoms with van der Waals surface area (Å²) < 4.78 is 30.0. The molecular weight excluding hydrogens is 412 g/mol. The highest BCUT2D eigenvalue weighted by atomic mass is 32.2. The van der Waals surface area contributed by atoms with Crippen LogP contribution in [0.2, 0.25) is 0 Å². The number of fused-ring (bicyclic) bond motifs is 1. The first kappa shape index (κ1) is 20.6. The zero-order valence-corrected chi connectivity index (χ0v) is 19.1. The van der Waals surface area contributed by atoms with E-state index in [9.17, 15) is 8.42 Å². The zero-order valence-electron chi connectivity index (χ0n) is 17.4. The molecule has 4 aromatic rings. The van der Waals surface area contributed by atoms with E-state index in [1.54, 1.807) is 35.6 Å². The van der Waals surface area contributed by atoms with Crippen LogP contribution >= 0.6 is 11.3 Å². The minimum absolute atomic E-state index is 0.277. The SMILES string of the molecule is Cc1ccc2nc(-c3ccc(NS(=O)(=O)c4ccccc4C(C)(C)C)cc3)sc2c1. The van der Waals surface area contributed by atoms with Gasteiger partial charge in [-0.25, -0.2) is 13.4 Å². The summed E-state index contributed by atoms with van der Waals surface area (Å²) in [6.07, 6.45) is 0. The average molecular weight is 437 g/mol. The first-order chi connectivity index (χ1) is 14.1. The van der Waals surface area contributed by atoms with Gasteiger partial charge in [-0.2, -0.15) is 0 Å². The topological polar surface area (TPSA) is 59.1 Å². The van der Waals surface area contributed by atoms with Gasteiger partial charge in [0.05, 0.1) is 15.1 Å². The second-order valence-electron chi connectivity index (χ2n) is 8.42. The molecule has 1 heterocycles. The second-order valence-corrected chi connectivity index (χ2v) is 11.1. The fraction of sp³-hybridized carbons (Fsp3) is 0.208. The summed E-state index contributed by atoms with van der Waals surface area (Å²) in [4.78, 5) is 5.00. The first-order valence-corrected chi connectivity index (χ1v) is 12.0. The number of aromatic nitrogens is 1. The van der Waals surface area contributed by atoms with Crippen LogP contribution in [0, 0.1) is 6.92 Å². The molecule has 3 aromatic carbocycles. The molecule has 0 saturated carbocycles. The van der Waals surface area contributed by atoms with Gasteiger partial charge in [0.2, 0.25) is 0 Å². The summed E-state index contributed by atoms with van der Waals surface area (Å²) in [6, 6.07) is 20.7. The highest BCUT2D eigenvalue weighted by Gasteiger charge is 2.25. The molecule has 0 bridgehead atoms. The maximum atomic E-state index is 13.1. The van der Waals surface area contributed by atoms with Crippen LogP contribution in [0.4, 0.5) is 5.69 Å². The van der Waals surface area contributed by atoms with Crippen molar-refractivity contribution in [3.05, 3.63) is 77.9 Å². The Kier molecular flexibility index (Phi) is 5.16. The van der Waals surface area contributed by atoms with Crippen molar-refractivity contribution in [2.24, 2.45) is 0 Å². The van der Waals surface area contributed by atoms with Crippen LogP contribution in [-0.2, 0) is 15.4 Å².